The van der Waals surface area contributed by atoms with Crippen LogP contribution < -0.4 is 4.57 Å². The zero-order chi connectivity index (χ0) is 25.1. The summed E-state index contributed by atoms with van der Waals surface area (Å²) < 4.78 is 80.8. The highest BCUT2D eigenvalue weighted by Crippen LogP contribution is 2.63. The van der Waals surface area contributed by atoms with Crippen molar-refractivity contribution in [3.63, 3.8) is 0 Å². The van der Waals surface area contributed by atoms with Gasteiger partial charge in [-0.2, -0.15) is 0 Å². The van der Waals surface area contributed by atoms with E-state index in [1.165, 1.54) is 6.07 Å². The molecule has 2 aliphatic rings. The molecule has 1 unspecified atom stereocenters. The summed E-state index contributed by atoms with van der Waals surface area (Å²) in [4.78, 5) is 0. The van der Waals surface area contributed by atoms with Crippen LogP contribution in [0, 0.1) is 6.92 Å². The van der Waals surface area contributed by atoms with E-state index in [0.29, 0.717) is 22.4 Å². The first-order valence-electron chi connectivity index (χ1n) is 12.9. The third-order valence-electron chi connectivity index (χ3n) is 5.79. The number of aryl methyl sites for hydroxylation is 2. The smallest absolute Gasteiger partial charge is 0.201 e. The molecule has 1 heteroatoms. The predicted molar refractivity (Wildman–Crippen MR) is 103 cm³/mol. The van der Waals surface area contributed by atoms with E-state index in [4.69, 9.17) is 12.3 Å². The quantitative estimate of drug-likeness (QED) is 0.505. The fraction of sp³-hybridized carbons (Fsp3) is 0.292. The second-order valence-electron chi connectivity index (χ2n) is 7.11. The minimum atomic E-state index is -3.19. The molecule has 0 saturated carbocycles. The van der Waals surface area contributed by atoms with Gasteiger partial charge < -0.3 is 0 Å². The molecule has 0 bridgehead atoms. The lowest BCUT2D eigenvalue weighted by Gasteiger charge is -2.47. The number of rotatable bonds is 0. The molecule has 25 heavy (non-hydrogen) atoms. The molecule has 1 atom stereocenters. The summed E-state index contributed by atoms with van der Waals surface area (Å²) in [6.45, 7) is -7.53. The Bertz CT molecular complexity index is 1330. The Morgan fingerprint density at radius 1 is 0.880 bits per heavy atom. The van der Waals surface area contributed by atoms with Crippen LogP contribution in [-0.4, -0.2) is 0 Å². The molecule has 0 spiro atoms. The number of hydrogen-bond donors (Lipinski definition) is 0. The highest BCUT2D eigenvalue weighted by atomic mass is 14.9. The molecule has 1 nitrogen and oxygen atoms in total. The normalized spacial score (nSPS) is 28.3. The molecule has 1 heterocycles. The predicted octanol–water partition coefficient (Wildman–Crippen LogP) is 5.06. The Morgan fingerprint density at radius 2 is 1.68 bits per heavy atom. The molecule has 0 N–H and O–H groups in total. The number of benzene rings is 2. The molecule has 0 aliphatic heterocycles. The Morgan fingerprint density at radius 3 is 2.48 bits per heavy atom. The molecule has 2 aromatic carbocycles. The average Bonchev–Trinajstić information content (AvgIpc) is 3.00. The first-order chi connectivity index (χ1) is 15.6. The maximum atomic E-state index is 8.88. The Labute approximate surface area is 162 Å². The van der Waals surface area contributed by atoms with E-state index in [2.05, 4.69) is 0 Å². The highest BCUT2D eigenvalue weighted by molar-refractivity contribution is 5.92. The van der Waals surface area contributed by atoms with E-state index in [1.54, 1.807) is 54.2 Å². The number of pyridine rings is 1. The number of hydrogen-bond acceptors (Lipinski definition) is 0. The van der Waals surface area contributed by atoms with Crippen LogP contribution in [0.15, 0.2) is 54.7 Å². The summed E-state index contributed by atoms with van der Waals surface area (Å²) in [7, 11) is 1.73. The van der Waals surface area contributed by atoms with Crippen molar-refractivity contribution in [1.29, 1.82) is 0 Å². The molecule has 124 valence electrons. The fourth-order valence-electron chi connectivity index (χ4n) is 4.62. The van der Waals surface area contributed by atoms with Crippen LogP contribution in [-0.2, 0) is 17.9 Å². The first kappa shape index (κ1) is 8.31. The summed E-state index contributed by atoms with van der Waals surface area (Å²) in [5.41, 5.74) is -1.63. The molecule has 1 aromatic heterocycles. The Balaban J connectivity index is 2.23. The van der Waals surface area contributed by atoms with Crippen molar-refractivity contribution in [3.05, 3.63) is 77.0 Å². The molecule has 0 fully saturated rings. The summed E-state index contributed by atoms with van der Waals surface area (Å²) in [5, 5.41) is 0. The standard InChI is InChI=1S/C24H24N/c1-15-12-13-17-16-9-6-7-10-18(16)24(4)21(17)20(15)22-19(23(24,2)3)11-8-14-25(22)5/h6-14H,1-5H3/q+1/i2D3,3D3,4D3. The van der Waals surface area contributed by atoms with Crippen LogP contribution in [0.4, 0.5) is 0 Å². The molecular formula is C24H24N+. The number of aromatic nitrogens is 1. The van der Waals surface area contributed by atoms with E-state index in [-0.39, 0.29) is 16.7 Å². The topological polar surface area (TPSA) is 3.88 Å². The molecule has 5 rings (SSSR count). The van der Waals surface area contributed by atoms with Crippen LogP contribution in [0.2, 0.25) is 0 Å². The van der Waals surface area contributed by atoms with E-state index < -0.39 is 31.4 Å². The monoisotopic (exact) mass is 335 g/mol. The summed E-state index contributed by atoms with van der Waals surface area (Å²) >= 11 is 0. The highest BCUT2D eigenvalue weighted by Gasteiger charge is 2.57. The second kappa shape index (κ2) is 4.40. The van der Waals surface area contributed by atoms with Crippen LogP contribution in [0.25, 0.3) is 22.4 Å². The van der Waals surface area contributed by atoms with Gasteiger partial charge in [0.05, 0.1) is 5.56 Å². The molecule has 0 radical (unpaired) electrons. The van der Waals surface area contributed by atoms with Crippen molar-refractivity contribution in [3.8, 4) is 22.4 Å². The van der Waals surface area contributed by atoms with Crippen molar-refractivity contribution >= 4 is 0 Å². The lowest BCUT2D eigenvalue weighted by molar-refractivity contribution is -0.661. The molecule has 2 aliphatic carbocycles. The largest absolute Gasteiger partial charge is 0.216 e. The molecule has 0 amide bonds. The van der Waals surface area contributed by atoms with E-state index >= 15 is 0 Å². The van der Waals surface area contributed by atoms with Crippen LogP contribution in [0.1, 0.15) is 55.1 Å². The van der Waals surface area contributed by atoms with Gasteiger partial charge in [-0.25, -0.2) is 4.57 Å². The third-order valence-corrected chi connectivity index (χ3v) is 5.79. The van der Waals surface area contributed by atoms with Gasteiger partial charge in [-0.15, -0.1) is 0 Å². The number of fused-ring (bicyclic) bond motifs is 5. The Hall–Kier alpha value is -2.41. The zero-order valence-electron chi connectivity index (χ0n) is 23.1. The van der Waals surface area contributed by atoms with Crippen molar-refractivity contribution in [1.82, 2.24) is 0 Å². The summed E-state index contributed by atoms with van der Waals surface area (Å²) in [6, 6.07) is 13.5. The zero-order valence-corrected chi connectivity index (χ0v) is 14.1. The van der Waals surface area contributed by atoms with E-state index in [9.17, 15) is 0 Å². The van der Waals surface area contributed by atoms with Crippen LogP contribution in [0.5, 0.6) is 0 Å². The fourth-order valence-corrected chi connectivity index (χ4v) is 4.62. The molecule has 0 saturated heterocycles. The van der Waals surface area contributed by atoms with Gasteiger partial charge in [-0.1, -0.05) is 57.0 Å². The van der Waals surface area contributed by atoms with Gasteiger partial charge in [0.15, 0.2) is 6.20 Å². The van der Waals surface area contributed by atoms with Crippen molar-refractivity contribution in [2.45, 2.75) is 38.3 Å². The average molecular weight is 336 g/mol. The maximum Gasteiger partial charge on any atom is 0.216 e. The van der Waals surface area contributed by atoms with Crippen LogP contribution in [0.3, 0.4) is 0 Å². The van der Waals surface area contributed by atoms with Gasteiger partial charge in [0.2, 0.25) is 5.69 Å². The minimum absolute atomic E-state index is 0.0121. The summed E-state index contributed by atoms with van der Waals surface area (Å²) in [5.74, 6) is 0. The van der Waals surface area contributed by atoms with Crippen molar-refractivity contribution in [2.24, 2.45) is 7.05 Å². The minimum Gasteiger partial charge on any atom is -0.201 e. The maximum absolute atomic E-state index is 8.88. The third kappa shape index (κ3) is 1.49. The number of nitrogens with zero attached hydrogens (tertiary/aromatic N) is 1. The van der Waals surface area contributed by atoms with Gasteiger partial charge >= 0.3 is 0 Å². The van der Waals surface area contributed by atoms with Gasteiger partial charge in [0.25, 0.3) is 0 Å². The van der Waals surface area contributed by atoms with Gasteiger partial charge in [0, 0.05) is 34.8 Å². The first-order valence-corrected chi connectivity index (χ1v) is 8.37. The second-order valence-corrected chi connectivity index (χ2v) is 7.11. The van der Waals surface area contributed by atoms with Crippen molar-refractivity contribution in [2.75, 3.05) is 0 Å². The van der Waals surface area contributed by atoms with E-state index in [0.717, 1.165) is 5.56 Å². The van der Waals surface area contributed by atoms with Gasteiger partial charge in [0.1, 0.15) is 7.05 Å². The van der Waals surface area contributed by atoms with Gasteiger partial charge in [-0.3, -0.25) is 0 Å². The lowest BCUT2D eigenvalue weighted by atomic mass is 9.54. The van der Waals surface area contributed by atoms with Crippen LogP contribution >= 0.6 is 0 Å². The van der Waals surface area contributed by atoms with E-state index in [1.807, 2.05) is 13.0 Å². The lowest BCUT2D eigenvalue weighted by Crippen LogP contribution is -2.49. The van der Waals surface area contributed by atoms with Crippen molar-refractivity contribution < 1.29 is 16.9 Å². The Kier molecular flexibility index (Phi) is 1.46. The SMILES string of the molecule is [2H]C([2H])([2H])C12c3ccccc3-c3ccc(C)c(c31)-c1c(ccc[n+]1C)C2(C([2H])([2H])[2H])C([2H])([2H])[2H]. The molecular weight excluding hydrogens is 302 g/mol. The molecule has 3 aromatic rings. The van der Waals surface area contributed by atoms with Gasteiger partial charge in [-0.05, 0) is 40.8 Å². The summed E-state index contributed by atoms with van der Waals surface area (Å²) in [6.07, 6.45) is 1.73.